The average Bonchev–Trinajstić information content (AvgIpc) is 2.67. The minimum atomic E-state index is 0.155. The Balaban J connectivity index is 2.41. The van der Waals surface area contributed by atoms with Crippen LogP contribution < -0.4 is 5.32 Å². The second kappa shape index (κ2) is 6.56. The minimum Gasteiger partial charge on any atom is -0.424 e. The number of aryl methyl sites for hydroxylation is 1. The standard InChI is InChI=1S/C11H21N3O/c1-4-6-7-8-10-13-14-11(15-10)9(3)12-5-2/h9,12H,4-8H2,1-3H3. The number of aromatic nitrogens is 2. The molecular formula is C11H21N3O. The second-order valence-electron chi connectivity index (χ2n) is 3.77. The fourth-order valence-corrected chi connectivity index (χ4v) is 1.46. The molecule has 0 saturated heterocycles. The average molecular weight is 211 g/mol. The number of hydrogen-bond acceptors (Lipinski definition) is 4. The summed E-state index contributed by atoms with van der Waals surface area (Å²) < 4.78 is 5.56. The van der Waals surface area contributed by atoms with E-state index >= 15 is 0 Å². The number of unbranched alkanes of at least 4 members (excludes halogenated alkanes) is 2. The molecule has 4 heteroatoms. The lowest BCUT2D eigenvalue weighted by Gasteiger charge is -2.05. The first-order chi connectivity index (χ1) is 7.27. The molecule has 1 N–H and O–H groups in total. The van der Waals surface area contributed by atoms with Crippen LogP contribution in [0.15, 0.2) is 4.42 Å². The van der Waals surface area contributed by atoms with E-state index in [1.165, 1.54) is 12.8 Å². The van der Waals surface area contributed by atoms with Gasteiger partial charge >= 0.3 is 0 Å². The molecule has 0 amide bonds. The van der Waals surface area contributed by atoms with Crippen molar-refractivity contribution in [2.24, 2.45) is 0 Å². The van der Waals surface area contributed by atoms with Crippen LogP contribution in [-0.2, 0) is 6.42 Å². The highest BCUT2D eigenvalue weighted by Crippen LogP contribution is 2.12. The lowest BCUT2D eigenvalue weighted by Crippen LogP contribution is -2.17. The number of rotatable bonds is 7. The second-order valence-corrected chi connectivity index (χ2v) is 3.77. The predicted octanol–water partition coefficient (Wildman–Crippen LogP) is 2.47. The van der Waals surface area contributed by atoms with Gasteiger partial charge in [-0.3, -0.25) is 0 Å². The van der Waals surface area contributed by atoms with Gasteiger partial charge in [-0.05, 0) is 19.9 Å². The smallest absolute Gasteiger partial charge is 0.233 e. The highest BCUT2D eigenvalue weighted by molar-refractivity contribution is 4.87. The quantitative estimate of drug-likeness (QED) is 0.704. The summed E-state index contributed by atoms with van der Waals surface area (Å²) in [7, 11) is 0. The summed E-state index contributed by atoms with van der Waals surface area (Å²) in [6.07, 6.45) is 4.47. The molecule has 0 aliphatic rings. The maximum atomic E-state index is 5.56. The van der Waals surface area contributed by atoms with E-state index < -0.39 is 0 Å². The summed E-state index contributed by atoms with van der Waals surface area (Å²) in [6, 6.07) is 0.155. The fourth-order valence-electron chi connectivity index (χ4n) is 1.46. The molecule has 0 fully saturated rings. The zero-order valence-corrected chi connectivity index (χ0v) is 9.92. The van der Waals surface area contributed by atoms with Crippen LogP contribution in [-0.4, -0.2) is 16.7 Å². The Bertz CT molecular complexity index is 273. The Kier molecular flexibility index (Phi) is 5.32. The van der Waals surface area contributed by atoms with Crippen LogP contribution >= 0.6 is 0 Å². The van der Waals surface area contributed by atoms with E-state index in [1.807, 2.05) is 6.92 Å². The SMILES string of the molecule is CCCCCc1nnc(C(C)NCC)o1. The van der Waals surface area contributed by atoms with Gasteiger partial charge in [0.15, 0.2) is 0 Å². The van der Waals surface area contributed by atoms with Gasteiger partial charge in [0.1, 0.15) is 0 Å². The third-order valence-electron chi connectivity index (χ3n) is 2.36. The lowest BCUT2D eigenvalue weighted by molar-refractivity contribution is 0.393. The van der Waals surface area contributed by atoms with Gasteiger partial charge in [-0.2, -0.15) is 0 Å². The zero-order valence-electron chi connectivity index (χ0n) is 9.92. The van der Waals surface area contributed by atoms with Crippen molar-refractivity contribution >= 4 is 0 Å². The van der Waals surface area contributed by atoms with Crippen molar-refractivity contribution < 1.29 is 4.42 Å². The lowest BCUT2D eigenvalue weighted by atomic mass is 10.2. The predicted molar refractivity (Wildman–Crippen MR) is 59.6 cm³/mol. The summed E-state index contributed by atoms with van der Waals surface area (Å²) in [5.41, 5.74) is 0. The summed E-state index contributed by atoms with van der Waals surface area (Å²) in [4.78, 5) is 0. The third kappa shape index (κ3) is 4.00. The summed E-state index contributed by atoms with van der Waals surface area (Å²) in [5, 5.41) is 11.3. The van der Waals surface area contributed by atoms with E-state index in [4.69, 9.17) is 4.42 Å². The van der Waals surface area contributed by atoms with E-state index in [-0.39, 0.29) is 6.04 Å². The Hall–Kier alpha value is -0.900. The first-order valence-corrected chi connectivity index (χ1v) is 5.83. The number of nitrogens with one attached hydrogen (secondary N) is 1. The van der Waals surface area contributed by atoms with E-state index in [9.17, 15) is 0 Å². The van der Waals surface area contributed by atoms with Crippen molar-refractivity contribution in [3.05, 3.63) is 11.8 Å². The molecule has 86 valence electrons. The van der Waals surface area contributed by atoms with Gasteiger partial charge in [0, 0.05) is 6.42 Å². The maximum absolute atomic E-state index is 5.56. The van der Waals surface area contributed by atoms with E-state index in [0.29, 0.717) is 5.89 Å². The molecule has 1 unspecified atom stereocenters. The molecule has 1 atom stereocenters. The number of hydrogen-bond donors (Lipinski definition) is 1. The van der Waals surface area contributed by atoms with Crippen LogP contribution in [0.4, 0.5) is 0 Å². The van der Waals surface area contributed by atoms with Crippen molar-refractivity contribution in [1.82, 2.24) is 15.5 Å². The van der Waals surface area contributed by atoms with Gasteiger partial charge in [-0.15, -0.1) is 10.2 Å². The summed E-state index contributed by atoms with van der Waals surface area (Å²) >= 11 is 0. The molecule has 0 aliphatic carbocycles. The Morgan fingerprint density at radius 1 is 1.27 bits per heavy atom. The van der Waals surface area contributed by atoms with Gasteiger partial charge in [0.25, 0.3) is 0 Å². The first kappa shape index (κ1) is 12.2. The molecule has 0 radical (unpaired) electrons. The van der Waals surface area contributed by atoms with E-state index in [2.05, 4.69) is 29.4 Å². The molecule has 1 aromatic rings. The van der Waals surface area contributed by atoms with Gasteiger partial charge in [0.05, 0.1) is 6.04 Å². The topological polar surface area (TPSA) is 51.0 Å². The largest absolute Gasteiger partial charge is 0.424 e. The molecule has 4 nitrogen and oxygen atoms in total. The van der Waals surface area contributed by atoms with Gasteiger partial charge in [-0.25, -0.2) is 0 Å². The van der Waals surface area contributed by atoms with Crippen LogP contribution in [0.2, 0.25) is 0 Å². The van der Waals surface area contributed by atoms with Crippen LogP contribution in [0.1, 0.15) is 57.9 Å². The molecule has 0 bridgehead atoms. The Labute approximate surface area is 91.5 Å². The fraction of sp³-hybridized carbons (Fsp3) is 0.818. The van der Waals surface area contributed by atoms with Crippen LogP contribution in [0.25, 0.3) is 0 Å². The van der Waals surface area contributed by atoms with Crippen molar-refractivity contribution in [2.75, 3.05) is 6.54 Å². The zero-order chi connectivity index (χ0) is 11.1. The Morgan fingerprint density at radius 2 is 2.07 bits per heavy atom. The highest BCUT2D eigenvalue weighted by Gasteiger charge is 2.11. The molecule has 1 rings (SSSR count). The van der Waals surface area contributed by atoms with Crippen LogP contribution in [0.5, 0.6) is 0 Å². The first-order valence-electron chi connectivity index (χ1n) is 5.83. The molecule has 0 saturated carbocycles. The summed E-state index contributed by atoms with van der Waals surface area (Å²) in [6.45, 7) is 7.20. The molecule has 0 aliphatic heterocycles. The summed E-state index contributed by atoms with van der Waals surface area (Å²) in [5.74, 6) is 1.46. The van der Waals surface area contributed by atoms with Crippen LogP contribution in [0.3, 0.4) is 0 Å². The van der Waals surface area contributed by atoms with Crippen molar-refractivity contribution in [2.45, 2.75) is 52.5 Å². The molecule has 0 spiro atoms. The normalized spacial score (nSPS) is 13.0. The van der Waals surface area contributed by atoms with Gasteiger partial charge < -0.3 is 9.73 Å². The van der Waals surface area contributed by atoms with Crippen LogP contribution in [0, 0.1) is 0 Å². The monoisotopic (exact) mass is 211 g/mol. The van der Waals surface area contributed by atoms with Gasteiger partial charge in [0.2, 0.25) is 11.8 Å². The van der Waals surface area contributed by atoms with E-state index in [0.717, 1.165) is 25.3 Å². The third-order valence-corrected chi connectivity index (χ3v) is 2.36. The number of nitrogens with zero attached hydrogens (tertiary/aromatic N) is 2. The van der Waals surface area contributed by atoms with Crippen molar-refractivity contribution in [3.8, 4) is 0 Å². The molecule has 1 heterocycles. The Morgan fingerprint density at radius 3 is 2.73 bits per heavy atom. The van der Waals surface area contributed by atoms with Crippen molar-refractivity contribution in [3.63, 3.8) is 0 Å². The molecule has 1 aromatic heterocycles. The highest BCUT2D eigenvalue weighted by atomic mass is 16.4. The molecule has 15 heavy (non-hydrogen) atoms. The van der Waals surface area contributed by atoms with Crippen molar-refractivity contribution in [1.29, 1.82) is 0 Å². The maximum Gasteiger partial charge on any atom is 0.233 e. The molecular weight excluding hydrogens is 190 g/mol. The molecule has 0 aromatic carbocycles. The van der Waals surface area contributed by atoms with Gasteiger partial charge in [-0.1, -0.05) is 26.7 Å². The minimum absolute atomic E-state index is 0.155. The van der Waals surface area contributed by atoms with E-state index in [1.54, 1.807) is 0 Å².